The van der Waals surface area contributed by atoms with E-state index in [9.17, 15) is 13.5 Å². The van der Waals surface area contributed by atoms with E-state index in [-0.39, 0.29) is 11.5 Å². The number of hydrogen-bond donors (Lipinski definition) is 1. The van der Waals surface area contributed by atoms with Crippen LogP contribution in [0.15, 0.2) is 24.3 Å². The maximum atomic E-state index is 11.6. The number of hydrogen-bond acceptors (Lipinski definition) is 3. The summed E-state index contributed by atoms with van der Waals surface area (Å²) in [5, 5.41) is 10.9. The van der Waals surface area contributed by atoms with Crippen molar-refractivity contribution < 1.29 is 13.5 Å². The monoisotopic (exact) mass is 296 g/mol. The lowest BCUT2D eigenvalue weighted by molar-refractivity contribution is 0.00658. The van der Waals surface area contributed by atoms with Crippen molar-refractivity contribution in [2.45, 2.75) is 51.0 Å². The van der Waals surface area contributed by atoms with E-state index in [1.165, 1.54) is 5.56 Å². The summed E-state index contributed by atoms with van der Waals surface area (Å²) in [5.41, 5.74) is 1.35. The molecule has 0 radical (unpaired) electrons. The summed E-state index contributed by atoms with van der Waals surface area (Å²) >= 11 is 0. The van der Waals surface area contributed by atoms with Crippen LogP contribution in [0, 0.1) is 0 Å². The molecule has 0 spiro atoms. The molecule has 3 nitrogen and oxygen atoms in total. The molecule has 0 saturated heterocycles. The van der Waals surface area contributed by atoms with Gasteiger partial charge in [0.2, 0.25) is 0 Å². The number of benzene rings is 1. The zero-order valence-electron chi connectivity index (χ0n) is 12.3. The third-order valence-electron chi connectivity index (χ3n) is 4.47. The van der Waals surface area contributed by atoms with Gasteiger partial charge in [0.05, 0.1) is 11.4 Å². The van der Waals surface area contributed by atoms with E-state index in [1.54, 1.807) is 6.92 Å². The molecule has 1 aromatic carbocycles. The normalized spacial score (nSPS) is 26.2. The molecule has 20 heavy (non-hydrogen) atoms. The van der Waals surface area contributed by atoms with Crippen LogP contribution in [-0.4, -0.2) is 25.0 Å². The van der Waals surface area contributed by atoms with Crippen molar-refractivity contribution in [3.05, 3.63) is 35.4 Å². The van der Waals surface area contributed by atoms with E-state index in [2.05, 4.69) is 13.0 Å². The van der Waals surface area contributed by atoms with E-state index in [0.717, 1.165) is 18.4 Å². The molecule has 0 heterocycles. The molecule has 0 amide bonds. The Bertz CT molecular complexity index is 565. The van der Waals surface area contributed by atoms with Crippen molar-refractivity contribution in [3.8, 4) is 0 Å². The first-order valence-corrected chi connectivity index (χ1v) is 9.22. The van der Waals surface area contributed by atoms with Gasteiger partial charge in [-0.3, -0.25) is 0 Å². The van der Waals surface area contributed by atoms with Gasteiger partial charge in [0.15, 0.2) is 0 Å². The van der Waals surface area contributed by atoms with Gasteiger partial charge in [0, 0.05) is 5.75 Å². The largest absolute Gasteiger partial charge is 0.385 e. The summed E-state index contributed by atoms with van der Waals surface area (Å²) in [6.07, 6.45) is 2.72. The highest BCUT2D eigenvalue weighted by Crippen LogP contribution is 2.43. The van der Waals surface area contributed by atoms with Crippen LogP contribution >= 0.6 is 0 Å². The Balaban J connectivity index is 2.13. The standard InChI is InChI=1S/C16H24O3S/c1-3-20(18,19)12-6-10-16(17)11-9-13(2)14-7-4-5-8-15(14)16/h4-5,7-8,13,17H,3,6,9-12H2,1-2H3. The van der Waals surface area contributed by atoms with Crippen LogP contribution < -0.4 is 0 Å². The molecule has 1 aromatic rings. The average Bonchev–Trinajstić information content (AvgIpc) is 2.44. The molecule has 2 rings (SSSR count). The van der Waals surface area contributed by atoms with Crippen LogP contribution in [0.5, 0.6) is 0 Å². The van der Waals surface area contributed by atoms with Gasteiger partial charge < -0.3 is 5.11 Å². The lowest BCUT2D eigenvalue weighted by atomic mass is 9.73. The minimum Gasteiger partial charge on any atom is -0.385 e. The lowest BCUT2D eigenvalue weighted by Crippen LogP contribution is -2.32. The Morgan fingerprint density at radius 2 is 2.05 bits per heavy atom. The van der Waals surface area contributed by atoms with Crippen LogP contribution in [0.1, 0.15) is 56.6 Å². The van der Waals surface area contributed by atoms with Gasteiger partial charge >= 0.3 is 0 Å². The van der Waals surface area contributed by atoms with E-state index in [1.807, 2.05) is 18.2 Å². The first-order valence-electron chi connectivity index (χ1n) is 7.40. The van der Waals surface area contributed by atoms with Crippen molar-refractivity contribution in [2.24, 2.45) is 0 Å². The number of sulfone groups is 1. The maximum absolute atomic E-state index is 11.6. The second-order valence-corrected chi connectivity index (χ2v) is 8.37. The number of rotatable bonds is 5. The molecule has 0 aromatic heterocycles. The highest BCUT2D eigenvalue weighted by molar-refractivity contribution is 7.91. The fourth-order valence-electron chi connectivity index (χ4n) is 3.08. The van der Waals surface area contributed by atoms with Gasteiger partial charge in [-0.15, -0.1) is 0 Å². The fraction of sp³-hybridized carbons (Fsp3) is 0.625. The van der Waals surface area contributed by atoms with Crippen molar-refractivity contribution in [2.75, 3.05) is 11.5 Å². The van der Waals surface area contributed by atoms with E-state index < -0.39 is 15.4 Å². The van der Waals surface area contributed by atoms with Gasteiger partial charge in [-0.25, -0.2) is 8.42 Å². The molecule has 1 N–H and O–H groups in total. The summed E-state index contributed by atoms with van der Waals surface area (Å²) in [7, 11) is -2.95. The van der Waals surface area contributed by atoms with Crippen LogP contribution in [-0.2, 0) is 15.4 Å². The van der Waals surface area contributed by atoms with Gasteiger partial charge in [-0.05, 0) is 42.7 Å². The summed E-state index contributed by atoms with van der Waals surface area (Å²) in [6, 6.07) is 8.01. The van der Waals surface area contributed by atoms with Gasteiger partial charge in [0.25, 0.3) is 0 Å². The Morgan fingerprint density at radius 3 is 2.75 bits per heavy atom. The molecule has 2 unspecified atom stereocenters. The Labute approximate surface area is 121 Å². The average molecular weight is 296 g/mol. The fourth-order valence-corrected chi connectivity index (χ4v) is 3.96. The Hall–Kier alpha value is -0.870. The third kappa shape index (κ3) is 3.23. The van der Waals surface area contributed by atoms with Crippen LogP contribution in [0.4, 0.5) is 0 Å². The molecule has 0 saturated carbocycles. The van der Waals surface area contributed by atoms with Gasteiger partial charge in [0.1, 0.15) is 9.84 Å². The van der Waals surface area contributed by atoms with E-state index >= 15 is 0 Å². The Kier molecular flexibility index (Phi) is 4.55. The summed E-state index contributed by atoms with van der Waals surface area (Å²) in [5.74, 6) is 0.814. The zero-order chi connectivity index (χ0) is 14.8. The lowest BCUT2D eigenvalue weighted by Gasteiger charge is -2.37. The molecule has 1 aliphatic rings. The molecule has 0 aliphatic heterocycles. The second kappa shape index (κ2) is 5.86. The topological polar surface area (TPSA) is 54.4 Å². The molecule has 4 heteroatoms. The van der Waals surface area contributed by atoms with Gasteiger partial charge in [-0.2, -0.15) is 0 Å². The molecule has 2 atom stereocenters. The molecule has 0 fully saturated rings. The van der Waals surface area contributed by atoms with Crippen LogP contribution in [0.25, 0.3) is 0 Å². The highest BCUT2D eigenvalue weighted by Gasteiger charge is 2.36. The minimum absolute atomic E-state index is 0.170. The first kappa shape index (κ1) is 15.5. The molecular weight excluding hydrogens is 272 g/mol. The van der Waals surface area contributed by atoms with Crippen molar-refractivity contribution in [1.29, 1.82) is 0 Å². The van der Waals surface area contributed by atoms with Crippen LogP contribution in [0.3, 0.4) is 0 Å². The van der Waals surface area contributed by atoms with Gasteiger partial charge in [-0.1, -0.05) is 38.1 Å². The molecule has 0 bridgehead atoms. The minimum atomic E-state index is -2.95. The maximum Gasteiger partial charge on any atom is 0.150 e. The predicted octanol–water partition coefficient (Wildman–Crippen LogP) is 2.99. The van der Waals surface area contributed by atoms with Crippen molar-refractivity contribution in [1.82, 2.24) is 0 Å². The van der Waals surface area contributed by atoms with E-state index in [4.69, 9.17) is 0 Å². The molecule has 1 aliphatic carbocycles. The van der Waals surface area contributed by atoms with E-state index in [0.29, 0.717) is 18.8 Å². The highest BCUT2D eigenvalue weighted by atomic mass is 32.2. The summed E-state index contributed by atoms with van der Waals surface area (Å²) < 4.78 is 23.1. The second-order valence-electron chi connectivity index (χ2n) is 5.90. The van der Waals surface area contributed by atoms with Crippen molar-refractivity contribution >= 4 is 9.84 Å². The zero-order valence-corrected chi connectivity index (χ0v) is 13.1. The Morgan fingerprint density at radius 1 is 1.35 bits per heavy atom. The summed E-state index contributed by atoms with van der Waals surface area (Å²) in [6.45, 7) is 3.85. The van der Waals surface area contributed by atoms with Crippen molar-refractivity contribution in [3.63, 3.8) is 0 Å². The molecule has 112 valence electrons. The third-order valence-corrected chi connectivity index (χ3v) is 6.26. The summed E-state index contributed by atoms with van der Waals surface area (Å²) in [4.78, 5) is 0. The number of aliphatic hydroxyl groups is 1. The SMILES string of the molecule is CCS(=O)(=O)CCCC1(O)CCC(C)c2ccccc21. The molecular formula is C16H24O3S. The smallest absolute Gasteiger partial charge is 0.150 e. The predicted molar refractivity (Wildman–Crippen MR) is 81.5 cm³/mol. The van der Waals surface area contributed by atoms with Crippen LogP contribution in [0.2, 0.25) is 0 Å². The number of fused-ring (bicyclic) bond motifs is 1. The quantitative estimate of drug-likeness (QED) is 0.909. The first-order chi connectivity index (χ1) is 9.38.